The van der Waals surface area contributed by atoms with Crippen molar-refractivity contribution >= 4 is 27.3 Å². The highest BCUT2D eigenvalue weighted by Gasteiger charge is 2.31. The second-order valence-corrected chi connectivity index (χ2v) is 11.6. The number of alkyl halides is 3. The van der Waals surface area contributed by atoms with Crippen molar-refractivity contribution in [3.05, 3.63) is 112 Å². The molecule has 42 heavy (non-hydrogen) atoms. The van der Waals surface area contributed by atoms with Gasteiger partial charge in [0.25, 0.3) is 11.5 Å². The molecule has 3 aromatic carbocycles. The molecule has 8 nitrogen and oxygen atoms in total. The van der Waals surface area contributed by atoms with E-state index in [9.17, 15) is 36.0 Å². The van der Waals surface area contributed by atoms with Crippen LogP contribution in [0.1, 0.15) is 34.1 Å². The van der Waals surface area contributed by atoms with Gasteiger partial charge in [-0.15, -0.1) is 0 Å². The summed E-state index contributed by atoms with van der Waals surface area (Å²) in [5.74, 6) is -1.05. The van der Waals surface area contributed by atoms with Gasteiger partial charge in [0.2, 0.25) is 5.91 Å². The zero-order valence-electron chi connectivity index (χ0n) is 22.7. The van der Waals surface area contributed by atoms with Crippen LogP contribution >= 0.6 is 0 Å². The highest BCUT2D eigenvalue weighted by Crippen LogP contribution is 2.32. The Morgan fingerprint density at radius 1 is 0.929 bits per heavy atom. The Kier molecular flexibility index (Phi) is 8.39. The van der Waals surface area contributed by atoms with E-state index in [1.165, 1.54) is 49.4 Å². The lowest BCUT2D eigenvalue weighted by atomic mass is 10.0. The first-order chi connectivity index (χ1) is 19.6. The Labute approximate surface area is 239 Å². The van der Waals surface area contributed by atoms with Crippen molar-refractivity contribution in [1.82, 2.24) is 9.88 Å². The van der Waals surface area contributed by atoms with Crippen LogP contribution in [-0.4, -0.2) is 31.1 Å². The number of halogens is 3. The Balaban J connectivity index is 1.79. The van der Waals surface area contributed by atoms with E-state index in [-0.39, 0.29) is 28.6 Å². The maximum absolute atomic E-state index is 13.6. The van der Waals surface area contributed by atoms with Crippen LogP contribution in [-0.2, 0) is 27.4 Å². The molecule has 2 amide bonds. The van der Waals surface area contributed by atoms with Crippen LogP contribution in [0.25, 0.3) is 16.8 Å². The van der Waals surface area contributed by atoms with Crippen LogP contribution in [0, 0.1) is 6.92 Å². The summed E-state index contributed by atoms with van der Waals surface area (Å²) in [4.78, 5) is 38.4. The third-order valence-corrected chi connectivity index (χ3v) is 7.57. The molecule has 4 aromatic rings. The molecule has 0 aliphatic heterocycles. The van der Waals surface area contributed by atoms with Crippen LogP contribution in [0.15, 0.2) is 88.6 Å². The number of amides is 2. The van der Waals surface area contributed by atoms with Crippen molar-refractivity contribution in [3.63, 3.8) is 0 Å². The zero-order chi connectivity index (χ0) is 30.8. The number of carbonyl (C=O) groups excluding carboxylic acids is 2. The van der Waals surface area contributed by atoms with E-state index in [4.69, 9.17) is 0 Å². The van der Waals surface area contributed by atoms with Crippen LogP contribution in [0.2, 0.25) is 0 Å². The molecule has 0 fully saturated rings. The van der Waals surface area contributed by atoms with E-state index >= 15 is 0 Å². The number of sulfone groups is 1. The van der Waals surface area contributed by atoms with Gasteiger partial charge in [-0.05, 0) is 66.6 Å². The van der Waals surface area contributed by atoms with E-state index in [0.717, 1.165) is 23.0 Å². The molecule has 0 aliphatic carbocycles. The molecule has 2 N–H and O–H groups in total. The normalized spacial score (nSPS) is 11.7. The third-order valence-electron chi connectivity index (χ3n) is 6.44. The third kappa shape index (κ3) is 6.77. The number of nitrogens with one attached hydrogen (secondary N) is 2. The second-order valence-electron chi connectivity index (χ2n) is 9.60. The van der Waals surface area contributed by atoms with Gasteiger partial charge in [0.05, 0.1) is 10.5 Å². The molecule has 0 unspecified atom stereocenters. The van der Waals surface area contributed by atoms with Gasteiger partial charge in [-0.25, -0.2) is 8.42 Å². The maximum atomic E-state index is 13.6. The number of nitrogens with zero attached hydrogens (tertiary/aromatic N) is 1. The van der Waals surface area contributed by atoms with Gasteiger partial charge in [-0.3, -0.25) is 19.0 Å². The molecular formula is C30H26F3N3O5S. The molecule has 1 aromatic heterocycles. The van der Waals surface area contributed by atoms with Gasteiger partial charge in [0.15, 0.2) is 9.84 Å². The van der Waals surface area contributed by atoms with E-state index in [1.807, 2.05) is 0 Å². The van der Waals surface area contributed by atoms with Gasteiger partial charge in [0.1, 0.15) is 5.56 Å². The molecule has 0 bridgehead atoms. The predicted octanol–water partition coefficient (Wildman–Crippen LogP) is 5.12. The Bertz CT molecular complexity index is 1830. The standard InChI is InChI=1S/C30H26F3N3O5S/c1-18-26(21-9-11-23(12-10-21)35-19(2)37)16-27(28(38)34-17-20-7-13-25(14-8-20)42(3,40)41)29(39)36(18)24-6-4-5-22(15-24)30(31,32)33/h4-16H,17H2,1-3H3,(H,34,38)(H,35,37). The summed E-state index contributed by atoms with van der Waals surface area (Å²) in [6, 6.07) is 18.0. The van der Waals surface area contributed by atoms with Gasteiger partial charge >= 0.3 is 6.18 Å². The van der Waals surface area contributed by atoms with Gasteiger partial charge < -0.3 is 10.6 Å². The van der Waals surface area contributed by atoms with E-state index in [1.54, 1.807) is 31.2 Å². The van der Waals surface area contributed by atoms with E-state index in [0.29, 0.717) is 28.1 Å². The smallest absolute Gasteiger partial charge is 0.348 e. The van der Waals surface area contributed by atoms with E-state index in [2.05, 4.69) is 10.6 Å². The minimum absolute atomic E-state index is 0.0412. The number of anilines is 1. The van der Waals surface area contributed by atoms with Crippen LogP contribution in [0.5, 0.6) is 0 Å². The molecule has 0 radical (unpaired) electrons. The Hall–Kier alpha value is -4.71. The molecule has 218 valence electrons. The average molecular weight is 598 g/mol. The summed E-state index contributed by atoms with van der Waals surface area (Å²) in [5, 5.41) is 5.27. The largest absolute Gasteiger partial charge is 0.416 e. The maximum Gasteiger partial charge on any atom is 0.416 e. The zero-order valence-corrected chi connectivity index (χ0v) is 23.6. The molecule has 0 saturated heterocycles. The predicted molar refractivity (Wildman–Crippen MR) is 152 cm³/mol. The summed E-state index contributed by atoms with van der Waals surface area (Å²) >= 11 is 0. The molecule has 0 saturated carbocycles. The van der Waals surface area contributed by atoms with Gasteiger partial charge in [0, 0.05) is 42.4 Å². The molecule has 12 heteroatoms. The van der Waals surface area contributed by atoms with Crippen molar-refractivity contribution in [3.8, 4) is 16.8 Å². The SMILES string of the molecule is CC(=O)Nc1ccc(-c2cc(C(=O)NCc3ccc(S(C)(=O)=O)cc3)c(=O)n(-c3cccc(C(F)(F)F)c3)c2C)cc1. The van der Waals surface area contributed by atoms with Crippen molar-refractivity contribution in [1.29, 1.82) is 0 Å². The molecule has 0 aliphatic rings. The van der Waals surface area contributed by atoms with E-state index < -0.39 is 33.0 Å². The quantitative estimate of drug-likeness (QED) is 0.307. The summed E-state index contributed by atoms with van der Waals surface area (Å²) < 4.78 is 65.0. The van der Waals surface area contributed by atoms with Crippen LogP contribution in [0.4, 0.5) is 18.9 Å². The second kappa shape index (κ2) is 11.6. The fourth-order valence-corrected chi connectivity index (χ4v) is 4.99. The first-order valence-corrected chi connectivity index (χ1v) is 14.4. The minimum Gasteiger partial charge on any atom is -0.348 e. The fourth-order valence-electron chi connectivity index (χ4n) is 4.36. The van der Waals surface area contributed by atoms with Crippen molar-refractivity contribution in [2.75, 3.05) is 11.6 Å². The molecule has 4 rings (SSSR count). The number of aromatic nitrogens is 1. The number of hydrogen-bond acceptors (Lipinski definition) is 5. The minimum atomic E-state index is -4.66. The topological polar surface area (TPSA) is 114 Å². The van der Waals surface area contributed by atoms with Crippen LogP contribution in [0.3, 0.4) is 0 Å². The average Bonchev–Trinajstić information content (AvgIpc) is 2.92. The lowest BCUT2D eigenvalue weighted by Gasteiger charge is -2.18. The number of pyridine rings is 1. The molecule has 1 heterocycles. The van der Waals surface area contributed by atoms with Gasteiger partial charge in [-0.2, -0.15) is 13.2 Å². The van der Waals surface area contributed by atoms with Crippen molar-refractivity contribution in [2.45, 2.75) is 31.5 Å². The molecule has 0 spiro atoms. The first-order valence-electron chi connectivity index (χ1n) is 12.5. The lowest BCUT2D eigenvalue weighted by molar-refractivity contribution is -0.137. The summed E-state index contributed by atoms with van der Waals surface area (Å²) in [6.07, 6.45) is -3.58. The summed E-state index contributed by atoms with van der Waals surface area (Å²) in [7, 11) is -3.41. The fraction of sp³-hybridized carbons (Fsp3) is 0.167. The highest BCUT2D eigenvalue weighted by molar-refractivity contribution is 7.90. The first kappa shape index (κ1) is 30.3. The van der Waals surface area contributed by atoms with Crippen LogP contribution < -0.4 is 16.2 Å². The van der Waals surface area contributed by atoms with Crippen molar-refractivity contribution in [2.24, 2.45) is 0 Å². The number of carbonyl (C=O) groups is 2. The Morgan fingerprint density at radius 2 is 1.57 bits per heavy atom. The highest BCUT2D eigenvalue weighted by atomic mass is 32.2. The number of benzene rings is 3. The van der Waals surface area contributed by atoms with Crippen molar-refractivity contribution < 1.29 is 31.2 Å². The van der Waals surface area contributed by atoms with Gasteiger partial charge in [-0.1, -0.05) is 30.3 Å². The summed E-state index contributed by atoms with van der Waals surface area (Å²) in [6.45, 7) is 2.87. The number of hydrogen-bond donors (Lipinski definition) is 2. The lowest BCUT2D eigenvalue weighted by Crippen LogP contribution is -2.33. The molecular weight excluding hydrogens is 571 g/mol. The molecule has 0 atom stereocenters. The monoisotopic (exact) mass is 597 g/mol. The number of rotatable bonds is 7. The summed E-state index contributed by atoms with van der Waals surface area (Å²) in [5.41, 5.74) is 0.151. The Morgan fingerprint density at radius 3 is 2.14 bits per heavy atom.